The monoisotopic (exact) mass is 1850 g/mol. The molecule has 0 amide bonds. The van der Waals surface area contributed by atoms with E-state index in [1.54, 1.807) is 0 Å². The first-order valence-corrected chi connectivity index (χ1v) is 50.1. The highest BCUT2D eigenvalue weighted by molar-refractivity contribution is 6.87. The van der Waals surface area contributed by atoms with Crippen LogP contribution in [-0.2, 0) is 28.2 Å². The van der Waals surface area contributed by atoms with Gasteiger partial charge in [0, 0.05) is 63.2 Å². The topological polar surface area (TPSA) is 41.4 Å². The van der Waals surface area contributed by atoms with Gasteiger partial charge in [-0.1, -0.05) is 264 Å². The van der Waals surface area contributed by atoms with Crippen LogP contribution < -0.4 is 78.6 Å². The number of aromatic nitrogens is 4. The molecular weight excluding hydrogens is 1710 g/mol. The van der Waals surface area contributed by atoms with Gasteiger partial charge in [-0.05, 0) is 313 Å². The zero-order valence-corrected chi connectivity index (χ0v) is 87.2. The maximum atomic E-state index is 2.59. The summed E-state index contributed by atoms with van der Waals surface area (Å²) in [7, 11) is 10.9. The average Bonchev–Trinajstić information content (AvgIpc) is 1.57. The number of rotatable bonds is 15. The summed E-state index contributed by atoms with van der Waals surface area (Å²) in [5, 5.41) is 0. The minimum absolute atomic E-state index is 0.0113. The van der Waals surface area contributed by atoms with Crippen molar-refractivity contribution < 1.29 is 18.3 Å². The summed E-state index contributed by atoms with van der Waals surface area (Å²) in [6.07, 6.45) is 9.01. The van der Waals surface area contributed by atoms with E-state index in [-0.39, 0.29) is 27.9 Å². The predicted molar refractivity (Wildman–Crippen MR) is 601 cm³/mol. The van der Waals surface area contributed by atoms with Crippen molar-refractivity contribution in [1.82, 2.24) is 0 Å². The maximum Gasteiger partial charge on any atom is 0.543 e. The summed E-state index contributed by atoms with van der Waals surface area (Å²) in [6, 6.07) is 117. The molecule has 8 heterocycles. The number of anilines is 15. The number of hydrogen-bond acceptors (Lipinski definition) is 8. The van der Waals surface area contributed by atoms with Crippen LogP contribution in [0, 0.1) is 111 Å². The van der Waals surface area contributed by atoms with Crippen LogP contribution in [0.2, 0.25) is 0 Å². The molecule has 21 rings (SSSR count). The van der Waals surface area contributed by atoms with Gasteiger partial charge >= 0.3 is 27.9 Å². The fourth-order valence-corrected chi connectivity index (χ4v) is 22.3. The molecule has 0 saturated carbocycles. The number of para-hydroxylation sites is 7. The van der Waals surface area contributed by atoms with Crippen molar-refractivity contribution in [3.63, 3.8) is 0 Å². The number of benzene rings is 13. The fraction of sp³-hybridized carbons (Fsp3) is 0.216. The number of hydrogen-bond donors (Lipinski definition) is 0. The summed E-state index contributed by atoms with van der Waals surface area (Å²) in [4.78, 5) is 20.2. The van der Waals surface area contributed by atoms with Crippen molar-refractivity contribution in [2.75, 3.05) is 45.5 Å². The highest BCUT2D eigenvalue weighted by Gasteiger charge is 2.58. The molecule has 0 bridgehead atoms. The molecule has 0 unspecified atom stereocenters. The van der Waals surface area contributed by atoms with Crippen molar-refractivity contribution in [3.05, 3.63) is 446 Å². The molecule has 702 valence electrons. The van der Waals surface area contributed by atoms with Crippen molar-refractivity contribution in [2.45, 2.75) is 150 Å². The Kier molecular flexibility index (Phi) is 27.4. The minimum Gasteiger partial charge on any atom is -0.369 e. The predicted octanol–water partition coefficient (Wildman–Crippen LogP) is 25.6. The second-order valence-corrected chi connectivity index (χ2v) is 40.2. The summed E-state index contributed by atoms with van der Waals surface area (Å²) in [5.74, 6) is 5.59. The number of pyridine rings is 4. The quantitative estimate of drug-likeness (QED) is 0.0743. The summed E-state index contributed by atoms with van der Waals surface area (Å²) >= 11 is 0. The van der Waals surface area contributed by atoms with Gasteiger partial charge in [-0.2, -0.15) is 0 Å². The molecule has 12 nitrogen and oxygen atoms in total. The van der Waals surface area contributed by atoms with Crippen LogP contribution in [0.3, 0.4) is 0 Å². The van der Waals surface area contributed by atoms with E-state index in [0.717, 1.165) is 11.5 Å². The molecule has 17 aromatic rings. The van der Waals surface area contributed by atoms with Gasteiger partial charge in [0.1, 0.15) is 22.7 Å². The number of fused-ring (bicyclic) bond motifs is 4. The van der Waals surface area contributed by atoms with E-state index in [0.29, 0.717) is 11.8 Å². The molecule has 141 heavy (non-hydrogen) atoms. The molecule has 4 aliphatic rings. The molecule has 4 aromatic heterocycles. The van der Waals surface area contributed by atoms with Gasteiger partial charge < -0.3 is 19.2 Å². The Morgan fingerprint density at radius 3 is 0.745 bits per heavy atom. The lowest BCUT2D eigenvalue weighted by molar-refractivity contribution is -0.658. The largest absolute Gasteiger partial charge is 0.543 e. The van der Waals surface area contributed by atoms with Crippen molar-refractivity contribution >= 4 is 136 Å². The van der Waals surface area contributed by atoms with Crippen LogP contribution in [0.15, 0.2) is 346 Å². The Hall–Kier alpha value is -14.9. The van der Waals surface area contributed by atoms with Gasteiger partial charge in [-0.3, -0.25) is 19.2 Å². The summed E-state index contributed by atoms with van der Waals surface area (Å²) < 4.78 is 9.12. The lowest BCUT2D eigenvalue weighted by atomic mass is 9.58. The lowest BCUT2D eigenvalue weighted by Crippen LogP contribution is -2.58. The van der Waals surface area contributed by atoms with Crippen molar-refractivity contribution in [1.29, 1.82) is 0 Å². The van der Waals surface area contributed by atoms with E-state index in [2.05, 4.69) is 577 Å². The van der Waals surface area contributed by atoms with Gasteiger partial charge in [0.2, 0.25) is 0 Å². The second kappa shape index (κ2) is 40.1. The summed E-state index contributed by atoms with van der Waals surface area (Å²) in [5.41, 5.74) is 47.6. The molecule has 0 aliphatic carbocycles. The Balaban J connectivity index is 0.000000126. The first-order valence-electron chi connectivity index (χ1n) is 50.1. The summed E-state index contributed by atoms with van der Waals surface area (Å²) in [6.45, 7) is 44.7. The van der Waals surface area contributed by atoms with E-state index in [9.17, 15) is 0 Å². The molecule has 16 heteroatoms. The second-order valence-electron chi connectivity index (χ2n) is 40.2. The van der Waals surface area contributed by atoms with E-state index >= 15 is 0 Å². The third-order valence-corrected chi connectivity index (χ3v) is 29.8. The van der Waals surface area contributed by atoms with Crippen molar-refractivity contribution in [2.24, 2.45) is 28.2 Å². The van der Waals surface area contributed by atoms with Gasteiger partial charge in [-0.25, -0.2) is 18.3 Å². The Morgan fingerprint density at radius 2 is 0.440 bits per heavy atom. The number of aryl methyl sites for hydroxylation is 20. The molecule has 13 aromatic carbocycles. The van der Waals surface area contributed by atoms with Crippen LogP contribution in [0.4, 0.5) is 85.8 Å². The first kappa shape index (κ1) is 96.4. The zero-order chi connectivity index (χ0) is 99.4. The van der Waals surface area contributed by atoms with E-state index in [1.807, 2.05) is 0 Å². The highest BCUT2D eigenvalue weighted by Crippen LogP contribution is 2.53. The van der Waals surface area contributed by atoms with Crippen LogP contribution in [-0.4, -0.2) is 35.0 Å². The molecule has 0 saturated heterocycles. The van der Waals surface area contributed by atoms with Gasteiger partial charge in [0.25, 0.3) is 23.3 Å². The molecular formula is C125H134B4N12+4. The molecule has 0 radical (unpaired) electrons. The van der Waals surface area contributed by atoms with E-state index < -0.39 is 0 Å². The third kappa shape index (κ3) is 17.9. The van der Waals surface area contributed by atoms with Gasteiger partial charge in [0.05, 0.1) is 75.7 Å². The van der Waals surface area contributed by atoms with E-state index in [4.69, 9.17) is 0 Å². The third-order valence-electron chi connectivity index (χ3n) is 29.8. The molecule has 0 spiro atoms. The van der Waals surface area contributed by atoms with Crippen molar-refractivity contribution in [3.8, 4) is 22.3 Å². The fourth-order valence-electron chi connectivity index (χ4n) is 22.3. The maximum absolute atomic E-state index is 2.59. The average molecular weight is 1850 g/mol. The van der Waals surface area contributed by atoms with Crippen LogP contribution in [0.25, 0.3) is 22.3 Å². The zero-order valence-electron chi connectivity index (χ0n) is 87.2. The van der Waals surface area contributed by atoms with Crippen LogP contribution in [0.5, 0.6) is 0 Å². The molecule has 0 N–H and O–H groups in total. The molecule has 0 atom stereocenters. The molecule has 4 aliphatic heterocycles. The standard InChI is InChI=1S/C39H35BN3.C33H39BN3.C29H31BN3.C24H29BN3/c1-28-16-14-25-36-39(28)43(37-26-29(2)30(3)27-41(37)4)40(42(36)33-21-12-7-13-22-33)38-34(31-17-8-5-9-18-31)23-15-24-35(38)32-19-10-6-11-20-32;1-22(2)28-17-13-18-29(23(3)4)32(28)34-36(27-15-10-9-11-16-27)30-19-12-14-24(5)33(30)37(34)31-20-25(6)26(7)21-35(31)8;1-20-12-10-13-21(2)28(20)30-32(25-15-8-7-9-16-25)26-17-11-14-22(3)29(26)33(30)27-18-23(4)24(5)19-31(27)6;1-16-10-8-11-17(2)23(16)25-27(7)21-13-9-12-18(3)24(21)28(25)22-14-19(4)20(5)15-26(22)6/h5-27H,1-4H3;9-23H,1-8H3;7-19H,1-6H3;8-15H,1-7H3/q4*+1. The van der Waals surface area contributed by atoms with Gasteiger partial charge in [-0.15, -0.1) is 0 Å². The van der Waals surface area contributed by atoms with Gasteiger partial charge in [0.15, 0.2) is 0 Å². The smallest absolute Gasteiger partial charge is 0.369 e. The minimum atomic E-state index is -0.154. The highest BCUT2D eigenvalue weighted by atomic mass is 15.4. The Morgan fingerprint density at radius 1 is 0.206 bits per heavy atom. The SMILES string of the molecule is Cc1cc(N2B(c3c(-c4ccccc4)cccc3-c3ccccc3)N(c3ccccc3)c3cccc(C)c32)[n+](C)cc1C.Cc1cc(N2B(c3c(C(C)C)cccc3C(C)C)N(c3ccccc3)c3cccc(C)c32)[n+](C)cc1C.Cc1cc(N2B(c3c(C)cccc3C)N(C)c3cccc(C)c32)[n+](C)cc1C.Cc1cc(N2B(c3c(C)cccc3C)N(c3ccccc3)c3cccc(C)c32)[n+](C)cc1C. The van der Waals surface area contributed by atoms with Crippen LogP contribution >= 0.6 is 0 Å². The lowest BCUT2D eigenvalue weighted by Gasteiger charge is -2.30. The number of nitrogens with zero attached hydrogens (tertiary/aromatic N) is 12. The first-order chi connectivity index (χ1) is 67.9. The molecule has 0 fully saturated rings. The van der Waals surface area contributed by atoms with E-state index in [1.165, 1.54) is 219 Å². The Bertz CT molecular complexity index is 7420. The Labute approximate surface area is 840 Å². The van der Waals surface area contributed by atoms with Crippen LogP contribution in [0.1, 0.15) is 140 Å². The normalized spacial score (nSPS) is 13.0.